The van der Waals surface area contributed by atoms with Gasteiger partial charge in [-0.25, -0.2) is 0 Å². The Morgan fingerprint density at radius 3 is 1.52 bits per heavy atom. The third-order valence-electron chi connectivity index (χ3n) is 5.31. The quantitative estimate of drug-likeness (QED) is 0.224. The first-order valence-electron chi connectivity index (χ1n) is 10.4. The molecule has 0 fully saturated rings. The lowest BCUT2D eigenvalue weighted by Gasteiger charge is -2.42. The summed E-state index contributed by atoms with van der Waals surface area (Å²) in [5.74, 6) is 1.38. The van der Waals surface area contributed by atoms with Gasteiger partial charge in [-0.2, -0.15) is 0 Å². The second-order valence-electron chi connectivity index (χ2n) is 8.07. The highest BCUT2D eigenvalue weighted by molar-refractivity contribution is 6.20. The maximum atomic E-state index is 6.84. The summed E-state index contributed by atoms with van der Waals surface area (Å²) < 4.78 is 1.33. The zero-order valence-corrected chi connectivity index (χ0v) is 17.8. The van der Waals surface area contributed by atoms with Gasteiger partial charge in [-0.1, -0.05) is 60.8 Å². The zero-order chi connectivity index (χ0) is 17.7. The second-order valence-corrected chi connectivity index (χ2v) is 8.63. The molecule has 0 amide bonds. The molecule has 2 heteroatoms. The van der Waals surface area contributed by atoms with Crippen LogP contribution in [0.4, 0.5) is 0 Å². The third-order valence-corrected chi connectivity index (χ3v) is 5.85. The molecule has 0 saturated carbocycles. The van der Waals surface area contributed by atoms with Crippen LogP contribution in [0, 0.1) is 11.8 Å². The van der Waals surface area contributed by atoms with Crippen molar-refractivity contribution in [1.82, 2.24) is 0 Å². The van der Waals surface area contributed by atoms with Crippen LogP contribution in [0.25, 0.3) is 0 Å². The summed E-state index contributed by atoms with van der Waals surface area (Å²) in [7, 11) is 0. The standard InChI is InChI=1S/C21H45ClN/c1-7-11-14-23(15-12-8-2,16-13-9-3)18-20(10-4)21(22)17-19(5)6/h19-21H,7-18H2,1-6H3/q+1. The van der Waals surface area contributed by atoms with Gasteiger partial charge in [0.1, 0.15) is 0 Å². The fraction of sp³-hybridized carbons (Fsp3) is 1.00. The van der Waals surface area contributed by atoms with Crippen LogP contribution in [0.1, 0.15) is 92.9 Å². The average Bonchev–Trinajstić information content (AvgIpc) is 2.52. The molecule has 0 aromatic rings. The zero-order valence-electron chi connectivity index (χ0n) is 17.0. The summed E-state index contributed by atoms with van der Waals surface area (Å²) in [6, 6.07) is 0. The van der Waals surface area contributed by atoms with E-state index in [1.807, 2.05) is 0 Å². The Morgan fingerprint density at radius 2 is 1.22 bits per heavy atom. The first kappa shape index (κ1) is 23.2. The van der Waals surface area contributed by atoms with Crippen molar-refractivity contribution in [3.05, 3.63) is 0 Å². The van der Waals surface area contributed by atoms with Crippen LogP contribution in [0.5, 0.6) is 0 Å². The molecule has 0 spiro atoms. The molecule has 0 aromatic heterocycles. The van der Waals surface area contributed by atoms with E-state index in [0.29, 0.717) is 17.2 Å². The van der Waals surface area contributed by atoms with Crippen molar-refractivity contribution in [3.63, 3.8) is 0 Å². The van der Waals surface area contributed by atoms with Crippen molar-refractivity contribution >= 4 is 11.6 Å². The van der Waals surface area contributed by atoms with Crippen LogP contribution >= 0.6 is 11.6 Å². The molecule has 0 aliphatic rings. The SMILES string of the molecule is CCCC[N+](CCCC)(CCCC)CC(CC)C(Cl)CC(C)C. The molecule has 0 radical (unpaired) electrons. The highest BCUT2D eigenvalue weighted by atomic mass is 35.5. The van der Waals surface area contributed by atoms with Crippen molar-refractivity contribution in [3.8, 4) is 0 Å². The van der Waals surface area contributed by atoms with Crippen molar-refractivity contribution < 1.29 is 4.48 Å². The van der Waals surface area contributed by atoms with Gasteiger partial charge in [0, 0.05) is 11.3 Å². The minimum atomic E-state index is 0.349. The Bertz CT molecular complexity index is 243. The lowest BCUT2D eigenvalue weighted by molar-refractivity contribution is -0.932. The van der Waals surface area contributed by atoms with E-state index < -0.39 is 0 Å². The monoisotopic (exact) mass is 346 g/mol. The number of hydrogen-bond donors (Lipinski definition) is 0. The van der Waals surface area contributed by atoms with E-state index in [4.69, 9.17) is 11.6 Å². The fourth-order valence-corrected chi connectivity index (χ4v) is 4.34. The summed E-state index contributed by atoms with van der Waals surface area (Å²) in [6.07, 6.45) is 10.4. The highest BCUT2D eigenvalue weighted by Gasteiger charge is 2.32. The predicted octanol–water partition coefficient (Wildman–Crippen LogP) is 6.88. The average molecular weight is 347 g/mol. The maximum Gasteiger partial charge on any atom is 0.0829 e. The molecule has 0 aromatic carbocycles. The van der Waals surface area contributed by atoms with Crippen LogP contribution < -0.4 is 0 Å². The lowest BCUT2D eigenvalue weighted by Crippen LogP contribution is -2.53. The van der Waals surface area contributed by atoms with Gasteiger partial charge in [-0.15, -0.1) is 11.6 Å². The summed E-state index contributed by atoms with van der Waals surface area (Å²) in [5.41, 5.74) is 0. The molecule has 0 rings (SSSR count). The van der Waals surface area contributed by atoms with Gasteiger partial charge >= 0.3 is 0 Å². The first-order valence-corrected chi connectivity index (χ1v) is 10.9. The van der Waals surface area contributed by atoms with Gasteiger partial charge in [0.2, 0.25) is 0 Å². The molecular formula is C21H45ClN+. The Labute approximate surface area is 152 Å². The summed E-state index contributed by atoms with van der Waals surface area (Å²) in [5, 5.41) is 0.349. The molecular weight excluding hydrogens is 302 g/mol. The number of nitrogens with zero attached hydrogens (tertiary/aromatic N) is 1. The van der Waals surface area contributed by atoms with Gasteiger partial charge < -0.3 is 4.48 Å². The van der Waals surface area contributed by atoms with Gasteiger partial charge in [-0.05, 0) is 38.0 Å². The molecule has 2 unspecified atom stereocenters. The molecule has 2 atom stereocenters. The Morgan fingerprint density at radius 1 is 0.783 bits per heavy atom. The molecule has 1 nitrogen and oxygen atoms in total. The largest absolute Gasteiger partial charge is 0.323 e. The van der Waals surface area contributed by atoms with Crippen molar-refractivity contribution in [2.24, 2.45) is 11.8 Å². The van der Waals surface area contributed by atoms with Gasteiger partial charge in [-0.3, -0.25) is 0 Å². The molecule has 0 heterocycles. The van der Waals surface area contributed by atoms with E-state index in [1.165, 1.54) is 75.6 Å². The van der Waals surface area contributed by atoms with Crippen LogP contribution in [0.15, 0.2) is 0 Å². The molecule has 0 saturated heterocycles. The number of hydrogen-bond acceptors (Lipinski definition) is 0. The van der Waals surface area contributed by atoms with Crippen molar-refractivity contribution in [2.75, 3.05) is 26.2 Å². The molecule has 0 bridgehead atoms. The van der Waals surface area contributed by atoms with Crippen LogP contribution in [-0.4, -0.2) is 36.0 Å². The van der Waals surface area contributed by atoms with Crippen molar-refractivity contribution in [2.45, 2.75) is 98.3 Å². The van der Waals surface area contributed by atoms with E-state index in [9.17, 15) is 0 Å². The van der Waals surface area contributed by atoms with Crippen molar-refractivity contribution in [1.29, 1.82) is 0 Å². The Balaban J connectivity index is 5.08. The fourth-order valence-electron chi connectivity index (χ4n) is 3.73. The topological polar surface area (TPSA) is 0 Å². The second kappa shape index (κ2) is 13.5. The van der Waals surface area contributed by atoms with Crippen LogP contribution in [-0.2, 0) is 0 Å². The summed E-state index contributed by atoms with van der Waals surface area (Å²) >= 11 is 6.84. The molecule has 0 N–H and O–H groups in total. The third kappa shape index (κ3) is 9.97. The van der Waals surface area contributed by atoms with Gasteiger partial charge in [0.15, 0.2) is 0 Å². The van der Waals surface area contributed by atoms with Crippen LogP contribution in [0.2, 0.25) is 0 Å². The van der Waals surface area contributed by atoms with Gasteiger partial charge in [0.05, 0.1) is 26.2 Å². The predicted molar refractivity (Wildman–Crippen MR) is 107 cm³/mol. The smallest absolute Gasteiger partial charge is 0.0829 e. The lowest BCUT2D eigenvalue weighted by atomic mass is 9.93. The number of halogens is 1. The van der Waals surface area contributed by atoms with E-state index in [-0.39, 0.29) is 0 Å². The van der Waals surface area contributed by atoms with E-state index >= 15 is 0 Å². The van der Waals surface area contributed by atoms with E-state index in [2.05, 4.69) is 41.5 Å². The molecule has 0 aliphatic heterocycles. The van der Waals surface area contributed by atoms with E-state index in [0.717, 1.165) is 6.42 Å². The van der Waals surface area contributed by atoms with E-state index in [1.54, 1.807) is 0 Å². The molecule has 23 heavy (non-hydrogen) atoms. The highest BCUT2D eigenvalue weighted by Crippen LogP contribution is 2.27. The summed E-state index contributed by atoms with van der Waals surface area (Å²) in [6.45, 7) is 19.3. The van der Waals surface area contributed by atoms with Gasteiger partial charge in [0.25, 0.3) is 0 Å². The number of rotatable bonds is 15. The normalized spacial score (nSPS) is 15.1. The Hall–Kier alpha value is 0.250. The minimum Gasteiger partial charge on any atom is -0.323 e. The minimum absolute atomic E-state index is 0.349. The molecule has 0 aliphatic carbocycles. The summed E-state index contributed by atoms with van der Waals surface area (Å²) in [4.78, 5) is 0. The first-order chi connectivity index (χ1) is 10.9. The number of unbranched alkanes of at least 4 members (excludes halogenated alkanes) is 3. The molecule has 140 valence electrons. The number of alkyl halides is 1. The maximum absolute atomic E-state index is 6.84. The number of quaternary nitrogens is 1. The van der Waals surface area contributed by atoms with Crippen LogP contribution in [0.3, 0.4) is 0 Å². The Kier molecular flexibility index (Phi) is 13.7.